The van der Waals surface area contributed by atoms with Crippen molar-refractivity contribution in [2.45, 2.75) is 32.6 Å². The Kier molecular flexibility index (Phi) is 6.01. The van der Waals surface area contributed by atoms with E-state index >= 15 is 0 Å². The average molecular weight is 328 g/mol. The van der Waals surface area contributed by atoms with E-state index in [0.29, 0.717) is 13.0 Å². The van der Waals surface area contributed by atoms with Crippen molar-refractivity contribution >= 4 is 21.8 Å². The van der Waals surface area contributed by atoms with Crippen molar-refractivity contribution in [2.75, 3.05) is 13.2 Å². The smallest absolute Gasteiger partial charge is 0.225 e. The summed E-state index contributed by atoms with van der Waals surface area (Å²) in [5.41, 5.74) is 0.996. The highest BCUT2D eigenvalue weighted by Crippen LogP contribution is 2.29. The maximum atomic E-state index is 11.9. The predicted octanol–water partition coefficient (Wildman–Crippen LogP) is 2.86. The molecule has 0 saturated heterocycles. The molecule has 1 atom stereocenters. The number of carbonyl (C=O) groups excluding carboxylic acids is 1. The Labute approximate surface area is 123 Å². The summed E-state index contributed by atoms with van der Waals surface area (Å²) in [5, 5.41) is 12.0. The van der Waals surface area contributed by atoms with Crippen LogP contribution < -0.4 is 5.32 Å². The Morgan fingerprint density at radius 1 is 1.42 bits per heavy atom. The third-order valence-electron chi connectivity index (χ3n) is 3.39. The zero-order valence-corrected chi connectivity index (χ0v) is 13.3. The monoisotopic (exact) mass is 327 g/mol. The van der Waals surface area contributed by atoms with Crippen LogP contribution in [-0.2, 0) is 10.2 Å². The van der Waals surface area contributed by atoms with E-state index in [9.17, 15) is 4.79 Å². The molecule has 0 aliphatic carbocycles. The fourth-order valence-electron chi connectivity index (χ4n) is 1.96. The number of rotatable bonds is 6. The summed E-state index contributed by atoms with van der Waals surface area (Å²) in [6.45, 7) is 6.53. The quantitative estimate of drug-likeness (QED) is 0.844. The summed E-state index contributed by atoms with van der Waals surface area (Å²) in [6.07, 6.45) is 0.651. The van der Waals surface area contributed by atoms with Gasteiger partial charge >= 0.3 is 0 Å². The minimum atomic E-state index is -0.310. The van der Waals surface area contributed by atoms with Crippen LogP contribution in [0, 0.1) is 5.92 Å². The number of halogens is 1. The van der Waals surface area contributed by atoms with Crippen molar-refractivity contribution in [3.05, 3.63) is 34.3 Å². The lowest BCUT2D eigenvalue weighted by atomic mass is 9.84. The van der Waals surface area contributed by atoms with Gasteiger partial charge in [0.15, 0.2) is 0 Å². The third-order valence-corrected chi connectivity index (χ3v) is 4.08. The van der Waals surface area contributed by atoms with E-state index in [1.54, 1.807) is 0 Å². The van der Waals surface area contributed by atoms with Gasteiger partial charge in [0.05, 0.1) is 12.5 Å². The van der Waals surface area contributed by atoms with E-state index < -0.39 is 0 Å². The molecular formula is C15H22BrNO2. The highest BCUT2D eigenvalue weighted by molar-refractivity contribution is 9.10. The molecule has 0 aromatic heterocycles. The van der Waals surface area contributed by atoms with Crippen molar-refractivity contribution in [1.29, 1.82) is 0 Å². The Bertz CT molecular complexity index is 428. The molecule has 3 nitrogen and oxygen atoms in total. The normalized spacial score (nSPS) is 13.1. The summed E-state index contributed by atoms with van der Waals surface area (Å²) in [4.78, 5) is 11.9. The molecule has 0 fully saturated rings. The zero-order chi connectivity index (χ0) is 14.5. The average Bonchev–Trinajstić information content (AvgIpc) is 2.38. The molecule has 0 aliphatic rings. The van der Waals surface area contributed by atoms with Crippen LogP contribution in [0.4, 0.5) is 0 Å². The Morgan fingerprint density at radius 2 is 2.05 bits per heavy atom. The number of carbonyl (C=O) groups is 1. The van der Waals surface area contributed by atoms with Crippen molar-refractivity contribution < 1.29 is 9.90 Å². The second kappa shape index (κ2) is 7.06. The van der Waals surface area contributed by atoms with E-state index in [1.807, 2.05) is 25.1 Å². The molecule has 19 heavy (non-hydrogen) atoms. The van der Waals surface area contributed by atoms with E-state index in [-0.39, 0.29) is 23.8 Å². The Morgan fingerprint density at radius 3 is 2.58 bits per heavy atom. The molecule has 1 aromatic rings. The third kappa shape index (κ3) is 4.32. The second-order valence-electron chi connectivity index (χ2n) is 5.37. The van der Waals surface area contributed by atoms with E-state index in [4.69, 9.17) is 5.11 Å². The lowest BCUT2D eigenvalue weighted by Crippen LogP contribution is -2.40. The molecular weight excluding hydrogens is 306 g/mol. The summed E-state index contributed by atoms with van der Waals surface area (Å²) < 4.78 is 1.04. The Balaban J connectivity index is 2.71. The molecule has 0 aliphatic heterocycles. The minimum Gasteiger partial charge on any atom is -0.396 e. The number of amides is 1. The molecule has 1 unspecified atom stereocenters. The van der Waals surface area contributed by atoms with E-state index in [0.717, 1.165) is 10.0 Å². The van der Waals surface area contributed by atoms with Gasteiger partial charge in [-0.25, -0.2) is 0 Å². The van der Waals surface area contributed by atoms with Crippen molar-refractivity contribution in [3.8, 4) is 0 Å². The van der Waals surface area contributed by atoms with Gasteiger partial charge in [-0.3, -0.25) is 4.79 Å². The van der Waals surface area contributed by atoms with Gasteiger partial charge in [0.25, 0.3) is 0 Å². The number of aliphatic hydroxyl groups is 1. The van der Waals surface area contributed by atoms with Gasteiger partial charge in [0.2, 0.25) is 5.91 Å². The molecule has 106 valence electrons. The van der Waals surface area contributed by atoms with Gasteiger partial charge in [0, 0.05) is 16.4 Å². The molecule has 0 spiro atoms. The number of aliphatic hydroxyl groups excluding tert-OH is 1. The van der Waals surface area contributed by atoms with Crippen LogP contribution in [0.5, 0.6) is 0 Å². The van der Waals surface area contributed by atoms with E-state index in [1.165, 1.54) is 0 Å². The lowest BCUT2D eigenvalue weighted by Gasteiger charge is -2.27. The molecule has 4 heteroatoms. The topological polar surface area (TPSA) is 49.3 Å². The summed E-state index contributed by atoms with van der Waals surface area (Å²) >= 11 is 3.54. The standard InChI is InChI=1S/C15H22BrNO2/c1-4-11(9-18)14(19)17-10-15(2,3)12-7-5-6-8-13(12)16/h5-8,11,18H,4,9-10H2,1-3H3,(H,17,19). The Hall–Kier alpha value is -0.870. The van der Waals surface area contributed by atoms with Crippen LogP contribution in [0.2, 0.25) is 0 Å². The molecule has 0 heterocycles. The maximum absolute atomic E-state index is 11.9. The SMILES string of the molecule is CCC(CO)C(=O)NCC(C)(C)c1ccccc1Br. The second-order valence-corrected chi connectivity index (χ2v) is 6.22. The summed E-state index contributed by atoms with van der Waals surface area (Å²) in [5.74, 6) is -0.389. The van der Waals surface area contributed by atoms with Crippen molar-refractivity contribution in [3.63, 3.8) is 0 Å². The molecule has 2 N–H and O–H groups in total. The molecule has 0 bridgehead atoms. The molecule has 0 saturated carbocycles. The van der Waals surface area contributed by atoms with E-state index in [2.05, 4.69) is 41.2 Å². The minimum absolute atomic E-state index is 0.0786. The number of hydrogen-bond donors (Lipinski definition) is 2. The first-order chi connectivity index (χ1) is 8.92. The van der Waals surface area contributed by atoms with Gasteiger partial charge < -0.3 is 10.4 Å². The van der Waals surface area contributed by atoms with Crippen LogP contribution >= 0.6 is 15.9 Å². The largest absolute Gasteiger partial charge is 0.396 e. The predicted molar refractivity (Wildman–Crippen MR) is 81.0 cm³/mol. The van der Waals surface area contributed by atoms with Gasteiger partial charge in [-0.2, -0.15) is 0 Å². The van der Waals surface area contributed by atoms with Gasteiger partial charge in [-0.1, -0.05) is 54.9 Å². The van der Waals surface area contributed by atoms with Crippen LogP contribution in [0.3, 0.4) is 0 Å². The zero-order valence-electron chi connectivity index (χ0n) is 11.7. The van der Waals surface area contributed by atoms with Gasteiger partial charge in [-0.05, 0) is 18.1 Å². The molecule has 1 amide bonds. The summed E-state index contributed by atoms with van der Waals surface area (Å²) in [7, 11) is 0. The van der Waals surface area contributed by atoms with Crippen molar-refractivity contribution in [1.82, 2.24) is 5.32 Å². The van der Waals surface area contributed by atoms with Crippen LogP contribution in [0.15, 0.2) is 28.7 Å². The maximum Gasteiger partial charge on any atom is 0.225 e. The van der Waals surface area contributed by atoms with Crippen LogP contribution in [0.1, 0.15) is 32.8 Å². The van der Waals surface area contributed by atoms with Gasteiger partial charge in [-0.15, -0.1) is 0 Å². The number of nitrogens with one attached hydrogen (secondary N) is 1. The van der Waals surface area contributed by atoms with Crippen molar-refractivity contribution in [2.24, 2.45) is 5.92 Å². The number of benzene rings is 1. The fraction of sp³-hybridized carbons (Fsp3) is 0.533. The molecule has 0 radical (unpaired) electrons. The highest BCUT2D eigenvalue weighted by atomic mass is 79.9. The lowest BCUT2D eigenvalue weighted by molar-refractivity contribution is -0.126. The first kappa shape index (κ1) is 16.2. The molecule has 1 rings (SSSR count). The fourth-order valence-corrected chi connectivity index (χ4v) is 2.78. The number of hydrogen-bond acceptors (Lipinski definition) is 2. The summed E-state index contributed by atoms with van der Waals surface area (Å²) in [6, 6.07) is 8.02. The van der Waals surface area contributed by atoms with Crippen LogP contribution in [-0.4, -0.2) is 24.2 Å². The first-order valence-corrected chi connectivity index (χ1v) is 7.35. The first-order valence-electron chi connectivity index (χ1n) is 6.56. The van der Waals surface area contributed by atoms with Crippen LogP contribution in [0.25, 0.3) is 0 Å². The van der Waals surface area contributed by atoms with Gasteiger partial charge in [0.1, 0.15) is 0 Å². The highest BCUT2D eigenvalue weighted by Gasteiger charge is 2.25. The molecule has 1 aromatic carbocycles.